The maximum absolute atomic E-state index is 9.76. The fourth-order valence-electron chi connectivity index (χ4n) is 1.36. The van der Waals surface area contributed by atoms with Gasteiger partial charge in [0.1, 0.15) is 11.5 Å². The van der Waals surface area contributed by atoms with Crippen LogP contribution >= 0.6 is 22.7 Å². The van der Waals surface area contributed by atoms with Gasteiger partial charge in [-0.25, -0.2) is 0 Å². The molecule has 0 radical (unpaired) electrons. The van der Waals surface area contributed by atoms with E-state index in [9.17, 15) is 10.2 Å². The second kappa shape index (κ2) is 3.61. The minimum Gasteiger partial charge on any atom is -0.506 e. The molecule has 0 saturated heterocycles. The fraction of sp³-hybridized carbons (Fsp3) is 0.200. The molecule has 15 heavy (non-hydrogen) atoms. The highest BCUT2D eigenvalue weighted by Crippen LogP contribution is 2.41. The van der Waals surface area contributed by atoms with Gasteiger partial charge in [0.25, 0.3) is 0 Å². The van der Waals surface area contributed by atoms with Crippen molar-refractivity contribution in [1.82, 2.24) is 0 Å². The number of thiophene rings is 2. The molecule has 80 valence electrons. The summed E-state index contributed by atoms with van der Waals surface area (Å²) < 4.78 is 0. The van der Waals surface area contributed by atoms with Crippen LogP contribution in [0.5, 0.6) is 5.75 Å². The van der Waals surface area contributed by atoms with Gasteiger partial charge >= 0.3 is 0 Å². The van der Waals surface area contributed by atoms with E-state index in [1.807, 2.05) is 5.38 Å². The predicted octanol–water partition coefficient (Wildman–Crippen LogP) is 2.31. The Hall–Kier alpha value is -0.880. The van der Waals surface area contributed by atoms with Crippen molar-refractivity contribution in [3.8, 4) is 15.5 Å². The van der Waals surface area contributed by atoms with Crippen LogP contribution < -0.4 is 5.73 Å². The highest BCUT2D eigenvalue weighted by atomic mass is 32.1. The van der Waals surface area contributed by atoms with E-state index in [2.05, 4.69) is 0 Å². The molecular weight excluding hydrogens is 230 g/mol. The summed E-state index contributed by atoms with van der Waals surface area (Å²) in [5, 5.41) is 23.0. The Labute approximate surface area is 95.4 Å². The van der Waals surface area contributed by atoms with E-state index in [4.69, 9.17) is 5.73 Å². The van der Waals surface area contributed by atoms with Gasteiger partial charge in [-0.2, -0.15) is 0 Å². The van der Waals surface area contributed by atoms with Crippen LogP contribution in [-0.4, -0.2) is 10.2 Å². The summed E-state index contributed by atoms with van der Waals surface area (Å²) in [6.45, 7) is 1.53. The molecule has 1 unspecified atom stereocenters. The third-order valence-electron chi connectivity index (χ3n) is 2.06. The van der Waals surface area contributed by atoms with Crippen molar-refractivity contribution in [1.29, 1.82) is 0 Å². The molecule has 3 nitrogen and oxygen atoms in total. The Kier molecular flexibility index (Phi) is 2.56. The van der Waals surface area contributed by atoms with Gasteiger partial charge in [-0.1, -0.05) is 0 Å². The summed E-state index contributed by atoms with van der Waals surface area (Å²) >= 11 is 2.89. The number of rotatable bonds is 2. The first kappa shape index (κ1) is 10.6. The highest BCUT2D eigenvalue weighted by Gasteiger charge is 2.24. The number of aliphatic hydroxyl groups is 1. The molecule has 2 heterocycles. The Morgan fingerprint density at radius 1 is 1.20 bits per heavy atom. The molecule has 4 N–H and O–H groups in total. The number of aromatic hydroxyl groups is 1. The molecule has 0 aromatic carbocycles. The Morgan fingerprint density at radius 3 is 2.33 bits per heavy atom. The van der Waals surface area contributed by atoms with E-state index in [0.29, 0.717) is 5.56 Å². The second-order valence-corrected chi connectivity index (χ2v) is 5.28. The Balaban J connectivity index is 2.56. The molecule has 0 aliphatic rings. The summed E-state index contributed by atoms with van der Waals surface area (Å²) in [5.41, 5.74) is 4.92. The average Bonchev–Trinajstić information content (AvgIpc) is 2.69. The lowest BCUT2D eigenvalue weighted by molar-refractivity contribution is 0.0657. The van der Waals surface area contributed by atoms with E-state index >= 15 is 0 Å². The van der Waals surface area contributed by atoms with Gasteiger partial charge in [0.2, 0.25) is 0 Å². The zero-order chi connectivity index (χ0) is 11.1. The largest absolute Gasteiger partial charge is 0.506 e. The van der Waals surface area contributed by atoms with Gasteiger partial charge in [-0.05, 0) is 29.8 Å². The fourth-order valence-corrected chi connectivity index (χ4v) is 3.34. The van der Waals surface area contributed by atoms with Crippen LogP contribution in [0.2, 0.25) is 0 Å². The molecule has 0 spiro atoms. The smallest absolute Gasteiger partial charge is 0.138 e. The molecule has 0 aliphatic heterocycles. The molecule has 1 atom stereocenters. The summed E-state index contributed by atoms with van der Waals surface area (Å²) in [4.78, 5) is 1.58. The molecule has 0 fully saturated rings. The summed E-state index contributed by atoms with van der Waals surface area (Å²) in [7, 11) is 0. The maximum atomic E-state index is 9.76. The molecule has 0 saturated carbocycles. The van der Waals surface area contributed by atoms with Crippen LogP contribution in [0.3, 0.4) is 0 Å². The lowest BCUT2D eigenvalue weighted by Gasteiger charge is -2.17. The van der Waals surface area contributed by atoms with Crippen molar-refractivity contribution in [2.45, 2.75) is 12.6 Å². The minimum absolute atomic E-state index is 0.230. The van der Waals surface area contributed by atoms with Crippen molar-refractivity contribution < 1.29 is 10.2 Å². The zero-order valence-electron chi connectivity index (χ0n) is 8.10. The van der Waals surface area contributed by atoms with Gasteiger partial charge in [0.05, 0.1) is 9.75 Å². The molecule has 2 aromatic heterocycles. The van der Waals surface area contributed by atoms with Crippen LogP contribution in [0, 0.1) is 0 Å². The van der Waals surface area contributed by atoms with Gasteiger partial charge in [0, 0.05) is 5.56 Å². The van der Waals surface area contributed by atoms with Crippen LogP contribution in [-0.2, 0) is 5.72 Å². The minimum atomic E-state index is -1.37. The number of hydrogen-bond acceptors (Lipinski definition) is 5. The second-order valence-electron chi connectivity index (χ2n) is 3.45. The van der Waals surface area contributed by atoms with E-state index in [-0.39, 0.29) is 5.75 Å². The standard InChI is InChI=1S/C10H11NO2S2/c1-10(11,13)6-2-4-14-8(6)9-7(12)3-5-15-9/h2-5,12-13H,11H2,1H3. The van der Waals surface area contributed by atoms with E-state index < -0.39 is 5.72 Å². The van der Waals surface area contributed by atoms with Gasteiger partial charge in [-0.3, -0.25) is 5.73 Å². The lowest BCUT2D eigenvalue weighted by Crippen LogP contribution is -2.32. The molecule has 0 aliphatic carbocycles. The van der Waals surface area contributed by atoms with Gasteiger partial charge in [-0.15, -0.1) is 22.7 Å². The van der Waals surface area contributed by atoms with Gasteiger partial charge in [0.15, 0.2) is 0 Å². The molecule has 0 bridgehead atoms. The first-order valence-electron chi connectivity index (χ1n) is 4.36. The van der Waals surface area contributed by atoms with Crippen LogP contribution in [0.1, 0.15) is 12.5 Å². The normalized spacial score (nSPS) is 15.1. The SMILES string of the molecule is CC(N)(O)c1ccsc1-c1sccc1O. The summed E-state index contributed by atoms with van der Waals surface area (Å²) in [6.07, 6.45) is 0. The monoisotopic (exact) mass is 241 g/mol. The van der Waals surface area contributed by atoms with Crippen molar-refractivity contribution in [2.24, 2.45) is 5.73 Å². The summed E-state index contributed by atoms with van der Waals surface area (Å²) in [6, 6.07) is 3.41. The first-order valence-corrected chi connectivity index (χ1v) is 6.12. The molecule has 5 heteroatoms. The van der Waals surface area contributed by atoms with Gasteiger partial charge < -0.3 is 10.2 Å². The molecular formula is C10H11NO2S2. The Bertz CT molecular complexity index is 468. The summed E-state index contributed by atoms with van der Waals surface area (Å²) in [5.74, 6) is 0.230. The van der Waals surface area contributed by atoms with Crippen molar-refractivity contribution in [3.63, 3.8) is 0 Å². The first-order chi connectivity index (χ1) is 7.00. The molecule has 2 rings (SSSR count). The van der Waals surface area contributed by atoms with Crippen molar-refractivity contribution in [2.75, 3.05) is 0 Å². The lowest BCUT2D eigenvalue weighted by atomic mass is 10.1. The van der Waals surface area contributed by atoms with Crippen LogP contribution in [0.15, 0.2) is 22.9 Å². The van der Waals surface area contributed by atoms with E-state index in [1.165, 1.54) is 29.6 Å². The molecule has 2 aromatic rings. The molecule has 0 amide bonds. The van der Waals surface area contributed by atoms with E-state index in [1.54, 1.807) is 17.5 Å². The Morgan fingerprint density at radius 2 is 1.80 bits per heavy atom. The van der Waals surface area contributed by atoms with Crippen molar-refractivity contribution in [3.05, 3.63) is 28.5 Å². The predicted molar refractivity (Wildman–Crippen MR) is 63.1 cm³/mol. The van der Waals surface area contributed by atoms with Crippen LogP contribution in [0.4, 0.5) is 0 Å². The number of nitrogens with two attached hydrogens (primary N) is 1. The maximum Gasteiger partial charge on any atom is 0.138 e. The average molecular weight is 241 g/mol. The highest BCUT2D eigenvalue weighted by molar-refractivity contribution is 7.20. The quantitative estimate of drug-likeness (QED) is 0.707. The zero-order valence-corrected chi connectivity index (χ0v) is 9.73. The third-order valence-corrected chi connectivity index (χ3v) is 4.04. The van der Waals surface area contributed by atoms with Crippen LogP contribution in [0.25, 0.3) is 9.75 Å². The van der Waals surface area contributed by atoms with Crippen molar-refractivity contribution >= 4 is 22.7 Å². The topological polar surface area (TPSA) is 66.5 Å². The van der Waals surface area contributed by atoms with E-state index in [0.717, 1.165) is 9.75 Å². The number of hydrogen-bond donors (Lipinski definition) is 3. The third kappa shape index (κ3) is 1.91.